The molecule has 0 saturated carbocycles. The molecule has 4 aromatic rings. The van der Waals surface area contributed by atoms with E-state index in [0.717, 1.165) is 47.8 Å². The minimum Gasteiger partial charge on any atom is -0.497 e. The van der Waals surface area contributed by atoms with Gasteiger partial charge in [0.2, 0.25) is 10.0 Å². The molecular formula is C29H30N4O3S. The Kier molecular flexibility index (Phi) is 6.18. The highest BCUT2D eigenvalue weighted by Gasteiger charge is 2.44. The topological polar surface area (TPSA) is 84.4 Å². The number of para-hydroxylation sites is 1. The van der Waals surface area contributed by atoms with Crippen LogP contribution in [-0.4, -0.2) is 49.5 Å². The molecule has 3 saturated heterocycles. The molecule has 2 aromatic heterocycles. The number of benzene rings is 2. The smallest absolute Gasteiger partial charge is 0.243 e. The Morgan fingerprint density at radius 2 is 2.00 bits per heavy atom. The van der Waals surface area contributed by atoms with Gasteiger partial charge in [-0.05, 0) is 73.2 Å². The van der Waals surface area contributed by atoms with Crippen LogP contribution in [0.4, 0.5) is 0 Å². The second-order valence-corrected chi connectivity index (χ2v) is 11.6. The molecule has 190 valence electrons. The summed E-state index contributed by atoms with van der Waals surface area (Å²) in [6.45, 7) is 5.88. The van der Waals surface area contributed by atoms with E-state index in [-0.39, 0.29) is 10.9 Å². The van der Waals surface area contributed by atoms with E-state index in [4.69, 9.17) is 4.74 Å². The molecule has 3 fully saturated rings. The molecule has 4 unspecified atom stereocenters. The number of piperidine rings is 3. The Hall–Kier alpha value is -3.33. The van der Waals surface area contributed by atoms with Gasteiger partial charge in [0, 0.05) is 35.8 Å². The first-order valence-corrected chi connectivity index (χ1v) is 14.1. The van der Waals surface area contributed by atoms with Crippen molar-refractivity contribution < 1.29 is 13.2 Å². The van der Waals surface area contributed by atoms with Crippen molar-refractivity contribution in [3.8, 4) is 5.75 Å². The van der Waals surface area contributed by atoms with Gasteiger partial charge in [-0.25, -0.2) is 13.1 Å². The highest BCUT2D eigenvalue weighted by atomic mass is 32.2. The van der Waals surface area contributed by atoms with Gasteiger partial charge in [-0.1, -0.05) is 24.3 Å². The van der Waals surface area contributed by atoms with Crippen LogP contribution in [0, 0.1) is 11.8 Å². The zero-order valence-corrected chi connectivity index (χ0v) is 21.6. The lowest BCUT2D eigenvalue weighted by Crippen LogP contribution is -2.57. The summed E-state index contributed by atoms with van der Waals surface area (Å²) in [7, 11) is -2.28. The van der Waals surface area contributed by atoms with Gasteiger partial charge >= 0.3 is 0 Å². The average molecular weight is 515 g/mol. The van der Waals surface area contributed by atoms with Gasteiger partial charge in [0.05, 0.1) is 24.2 Å². The van der Waals surface area contributed by atoms with E-state index in [9.17, 15) is 8.42 Å². The molecule has 0 aliphatic carbocycles. The predicted molar refractivity (Wildman–Crippen MR) is 145 cm³/mol. The lowest BCUT2D eigenvalue weighted by Gasteiger charge is -2.51. The number of hydrogen-bond donors (Lipinski definition) is 1. The number of nitrogens with one attached hydrogen (secondary N) is 1. The van der Waals surface area contributed by atoms with E-state index in [0.29, 0.717) is 23.1 Å². The third-order valence-corrected chi connectivity index (χ3v) is 9.50. The molecule has 0 amide bonds. The van der Waals surface area contributed by atoms with Gasteiger partial charge in [0.25, 0.3) is 0 Å². The molecule has 37 heavy (non-hydrogen) atoms. The van der Waals surface area contributed by atoms with Gasteiger partial charge in [0.1, 0.15) is 10.6 Å². The summed E-state index contributed by atoms with van der Waals surface area (Å²) in [5, 5.41) is 1.67. The number of nitrogens with zero attached hydrogens (tertiary/aromatic N) is 3. The number of hydrogen-bond acceptors (Lipinski definition) is 6. The Bertz CT molecular complexity index is 1580. The zero-order chi connectivity index (χ0) is 25.6. The minimum atomic E-state index is -3.91. The molecule has 7 nitrogen and oxygen atoms in total. The van der Waals surface area contributed by atoms with Gasteiger partial charge < -0.3 is 4.74 Å². The molecule has 7 rings (SSSR count). The molecule has 5 atom stereocenters. The molecular weight excluding hydrogens is 484 g/mol. The van der Waals surface area contributed by atoms with Crippen LogP contribution in [0.2, 0.25) is 0 Å². The fourth-order valence-electron chi connectivity index (χ4n) is 6.14. The second-order valence-electron chi connectivity index (χ2n) is 9.96. The number of fused-ring (bicyclic) bond motifs is 5. The maximum absolute atomic E-state index is 14.0. The number of ether oxygens (including phenoxy) is 1. The first-order valence-electron chi connectivity index (χ1n) is 12.6. The van der Waals surface area contributed by atoms with E-state index in [1.807, 2.05) is 42.5 Å². The Morgan fingerprint density at radius 3 is 2.78 bits per heavy atom. The molecule has 3 aliphatic heterocycles. The standard InChI is InChI=1S/C29H30N4O3S/c1-3-19-18-33-15-12-21(19)16-26(33)29(23-11-14-30-25-10-9-22(36-2)17-24(23)25)32-37(34,35)27-8-4-6-20-7-5-13-31-28(20)27/h3-11,13-14,17,19,21,26,29,32H,1,12,15-16,18H2,2H3/t19?,21?,26?,29-/m0/s1. The predicted octanol–water partition coefficient (Wildman–Crippen LogP) is 4.71. The van der Waals surface area contributed by atoms with Crippen LogP contribution in [0.15, 0.2) is 84.5 Å². The van der Waals surface area contributed by atoms with Crippen molar-refractivity contribution >= 4 is 31.8 Å². The van der Waals surface area contributed by atoms with Crippen LogP contribution in [0.3, 0.4) is 0 Å². The van der Waals surface area contributed by atoms with E-state index < -0.39 is 16.1 Å². The van der Waals surface area contributed by atoms with Crippen molar-refractivity contribution in [1.82, 2.24) is 19.6 Å². The van der Waals surface area contributed by atoms with Crippen LogP contribution < -0.4 is 9.46 Å². The molecule has 0 radical (unpaired) electrons. The number of methoxy groups -OCH3 is 1. The second kappa shape index (κ2) is 9.52. The largest absolute Gasteiger partial charge is 0.497 e. The molecule has 0 spiro atoms. The molecule has 5 heterocycles. The quantitative estimate of drug-likeness (QED) is 0.360. The van der Waals surface area contributed by atoms with Crippen LogP contribution in [0.1, 0.15) is 24.4 Å². The SMILES string of the molecule is C=CC1CN2CCC1CC2[C@@H](NS(=O)(=O)c1cccc2cccnc12)c1ccnc2ccc(OC)cc12. The summed E-state index contributed by atoms with van der Waals surface area (Å²) in [4.78, 5) is 11.6. The first-order chi connectivity index (χ1) is 18.0. The number of aromatic nitrogens is 2. The fourth-order valence-corrected chi connectivity index (χ4v) is 7.57. The molecule has 8 heteroatoms. The van der Waals surface area contributed by atoms with E-state index >= 15 is 0 Å². The van der Waals surface area contributed by atoms with Crippen molar-refractivity contribution in [2.24, 2.45) is 11.8 Å². The molecule has 1 N–H and O–H groups in total. The summed E-state index contributed by atoms with van der Waals surface area (Å²) < 4.78 is 36.7. The maximum Gasteiger partial charge on any atom is 0.243 e. The average Bonchev–Trinajstić information content (AvgIpc) is 2.95. The summed E-state index contributed by atoms with van der Waals surface area (Å²) in [5.41, 5.74) is 2.16. The van der Waals surface area contributed by atoms with Gasteiger partial charge in [0.15, 0.2) is 0 Å². The van der Waals surface area contributed by atoms with Crippen LogP contribution >= 0.6 is 0 Å². The van der Waals surface area contributed by atoms with Crippen LogP contribution in [0.25, 0.3) is 21.8 Å². The van der Waals surface area contributed by atoms with Gasteiger partial charge in [-0.3, -0.25) is 14.9 Å². The Balaban J connectivity index is 1.49. The van der Waals surface area contributed by atoms with Crippen LogP contribution in [0.5, 0.6) is 5.75 Å². The van der Waals surface area contributed by atoms with Crippen molar-refractivity contribution in [2.75, 3.05) is 20.2 Å². The summed E-state index contributed by atoms with van der Waals surface area (Å²) >= 11 is 0. The Morgan fingerprint density at radius 1 is 1.14 bits per heavy atom. The third-order valence-electron chi connectivity index (χ3n) is 8.02. The molecule has 2 bridgehead atoms. The fraction of sp³-hybridized carbons (Fsp3) is 0.310. The molecule has 3 aliphatic rings. The summed E-state index contributed by atoms with van der Waals surface area (Å²) in [5.74, 6) is 1.62. The highest BCUT2D eigenvalue weighted by Crippen LogP contribution is 2.43. The zero-order valence-electron chi connectivity index (χ0n) is 20.7. The van der Waals surface area contributed by atoms with Crippen molar-refractivity contribution in [3.63, 3.8) is 0 Å². The third kappa shape index (κ3) is 4.29. The van der Waals surface area contributed by atoms with E-state index in [1.165, 1.54) is 0 Å². The lowest BCUT2D eigenvalue weighted by molar-refractivity contribution is 0.00490. The maximum atomic E-state index is 14.0. The normalized spacial score (nSPS) is 24.2. The minimum absolute atomic E-state index is 0.00413. The van der Waals surface area contributed by atoms with Crippen molar-refractivity contribution in [2.45, 2.75) is 29.8 Å². The van der Waals surface area contributed by atoms with Crippen LogP contribution in [-0.2, 0) is 10.0 Å². The monoisotopic (exact) mass is 514 g/mol. The van der Waals surface area contributed by atoms with E-state index in [1.54, 1.807) is 31.6 Å². The lowest BCUT2D eigenvalue weighted by atomic mass is 9.73. The number of sulfonamides is 1. The summed E-state index contributed by atoms with van der Waals surface area (Å²) in [6, 6.07) is 16.2. The van der Waals surface area contributed by atoms with Gasteiger partial charge in [-0.2, -0.15) is 0 Å². The Labute approximate surface area is 217 Å². The van der Waals surface area contributed by atoms with Crippen molar-refractivity contribution in [3.05, 3.63) is 85.2 Å². The van der Waals surface area contributed by atoms with Crippen molar-refractivity contribution in [1.29, 1.82) is 0 Å². The number of rotatable bonds is 7. The summed E-state index contributed by atoms with van der Waals surface area (Å²) in [6.07, 6.45) is 7.44. The van der Waals surface area contributed by atoms with Gasteiger partial charge in [-0.15, -0.1) is 6.58 Å². The number of pyridine rings is 2. The first kappa shape index (κ1) is 24.0. The molecule has 2 aromatic carbocycles. The highest BCUT2D eigenvalue weighted by molar-refractivity contribution is 7.89. The van der Waals surface area contributed by atoms with E-state index in [2.05, 4.69) is 32.2 Å².